The first-order valence-electron chi connectivity index (χ1n) is 14.4. The molecule has 0 saturated heterocycles. The molecule has 2 unspecified atom stereocenters. The van der Waals surface area contributed by atoms with Gasteiger partial charge in [-0.3, -0.25) is 9.59 Å². The maximum absolute atomic E-state index is 13.3. The Balaban J connectivity index is 1.58. The summed E-state index contributed by atoms with van der Waals surface area (Å²) >= 11 is 0. The minimum absolute atomic E-state index is 0.144. The van der Waals surface area contributed by atoms with E-state index in [4.69, 9.17) is 19.7 Å². The van der Waals surface area contributed by atoms with Crippen LogP contribution in [0.15, 0.2) is 72.3 Å². The van der Waals surface area contributed by atoms with Crippen LogP contribution in [0.3, 0.4) is 0 Å². The maximum Gasteiger partial charge on any atom is 0.202 e. The number of aliphatic hydroxyl groups excluding tert-OH is 2. The summed E-state index contributed by atoms with van der Waals surface area (Å²) in [6, 6.07) is 13.0. The van der Waals surface area contributed by atoms with Crippen molar-refractivity contribution in [2.24, 2.45) is 0 Å². The summed E-state index contributed by atoms with van der Waals surface area (Å²) in [4.78, 5) is 26.4. The SMILES string of the molecule is CC1=CC(O)(C(=O)c2ccc(OCCCCCCO)cc2)C=CC1(O)C(=O)c1ccc(OCCCCCCO)cc1. The number of rotatable bonds is 18. The van der Waals surface area contributed by atoms with Crippen molar-refractivity contribution in [3.8, 4) is 11.5 Å². The molecule has 0 spiro atoms. The Kier molecular flexibility index (Phi) is 12.3. The summed E-state index contributed by atoms with van der Waals surface area (Å²) in [5.74, 6) is 0.0501. The number of hydrogen-bond donors (Lipinski definition) is 4. The van der Waals surface area contributed by atoms with Gasteiger partial charge in [0, 0.05) is 24.3 Å². The van der Waals surface area contributed by atoms with E-state index in [1.54, 1.807) is 48.5 Å². The molecule has 0 bridgehead atoms. The van der Waals surface area contributed by atoms with Crippen LogP contribution in [0, 0.1) is 0 Å². The van der Waals surface area contributed by atoms with Crippen molar-refractivity contribution in [1.82, 2.24) is 0 Å². The largest absolute Gasteiger partial charge is 0.494 e. The monoisotopic (exact) mass is 566 g/mol. The molecule has 4 N–H and O–H groups in total. The smallest absolute Gasteiger partial charge is 0.202 e. The van der Waals surface area contributed by atoms with Gasteiger partial charge in [-0.2, -0.15) is 0 Å². The van der Waals surface area contributed by atoms with Gasteiger partial charge < -0.3 is 29.9 Å². The van der Waals surface area contributed by atoms with E-state index in [1.165, 1.54) is 19.1 Å². The van der Waals surface area contributed by atoms with Crippen LogP contribution in [0.1, 0.15) is 79.0 Å². The van der Waals surface area contributed by atoms with E-state index < -0.39 is 22.8 Å². The van der Waals surface area contributed by atoms with E-state index in [9.17, 15) is 19.8 Å². The third-order valence-electron chi connectivity index (χ3n) is 7.20. The van der Waals surface area contributed by atoms with Gasteiger partial charge in [-0.25, -0.2) is 0 Å². The fraction of sp³-hybridized carbons (Fsp3) is 0.455. The lowest BCUT2D eigenvalue weighted by Crippen LogP contribution is -2.45. The van der Waals surface area contributed by atoms with E-state index in [1.807, 2.05) is 0 Å². The molecular weight excluding hydrogens is 524 g/mol. The summed E-state index contributed by atoms with van der Waals surface area (Å²) in [6.07, 6.45) is 10.7. The molecule has 3 rings (SSSR count). The van der Waals surface area contributed by atoms with Gasteiger partial charge >= 0.3 is 0 Å². The predicted octanol–water partition coefficient (Wildman–Crippen LogP) is 4.59. The number of hydrogen-bond acceptors (Lipinski definition) is 8. The zero-order valence-electron chi connectivity index (χ0n) is 23.8. The first kappa shape index (κ1) is 32.2. The highest BCUT2D eigenvalue weighted by molar-refractivity contribution is 6.09. The second-order valence-corrected chi connectivity index (χ2v) is 10.4. The Labute approximate surface area is 241 Å². The van der Waals surface area contributed by atoms with Gasteiger partial charge in [0.1, 0.15) is 11.5 Å². The van der Waals surface area contributed by atoms with Gasteiger partial charge in [0.25, 0.3) is 0 Å². The van der Waals surface area contributed by atoms with Crippen LogP contribution in [0.4, 0.5) is 0 Å². The zero-order chi connectivity index (χ0) is 29.7. The molecule has 8 heteroatoms. The number of carbonyl (C=O) groups is 2. The van der Waals surface area contributed by atoms with Crippen LogP contribution in [0.25, 0.3) is 0 Å². The molecule has 2 atom stereocenters. The average molecular weight is 567 g/mol. The Morgan fingerprint density at radius 1 is 0.634 bits per heavy atom. The van der Waals surface area contributed by atoms with Crippen LogP contribution < -0.4 is 9.47 Å². The Bertz CT molecular complexity index is 1180. The van der Waals surface area contributed by atoms with E-state index in [2.05, 4.69) is 0 Å². The van der Waals surface area contributed by atoms with Crippen molar-refractivity contribution in [2.45, 2.75) is 69.5 Å². The van der Waals surface area contributed by atoms with E-state index in [0.29, 0.717) is 24.7 Å². The molecular formula is C33H42O8. The standard InChI is InChI=1S/C33H42O8/c1-25-24-32(38,30(36)26-10-14-28(15-11-26)40-22-8-4-2-6-20-34)18-19-33(25,39)31(37)27-12-16-29(17-13-27)41-23-9-5-3-7-21-35/h10-19,24,34-35,38-39H,2-9,20-23H2,1H3. The number of aliphatic hydroxyl groups is 4. The van der Waals surface area contributed by atoms with Crippen LogP contribution in [0.5, 0.6) is 11.5 Å². The van der Waals surface area contributed by atoms with E-state index in [0.717, 1.165) is 57.4 Å². The third-order valence-corrected chi connectivity index (χ3v) is 7.20. The summed E-state index contributed by atoms with van der Waals surface area (Å²) in [6.45, 7) is 2.95. The van der Waals surface area contributed by atoms with Gasteiger partial charge in [0.05, 0.1) is 13.2 Å². The number of Topliss-reactive ketones (excluding diaryl/α,β-unsaturated/α-hetero) is 2. The van der Waals surface area contributed by atoms with Gasteiger partial charge in [-0.05, 0) is 118 Å². The molecule has 41 heavy (non-hydrogen) atoms. The molecule has 1 aliphatic rings. The van der Waals surface area contributed by atoms with Crippen molar-refractivity contribution in [2.75, 3.05) is 26.4 Å². The van der Waals surface area contributed by atoms with Crippen molar-refractivity contribution in [1.29, 1.82) is 0 Å². The molecule has 8 nitrogen and oxygen atoms in total. The third kappa shape index (κ3) is 8.84. The minimum atomic E-state index is -2.01. The number of ether oxygens (including phenoxy) is 2. The number of benzene rings is 2. The molecule has 0 fully saturated rings. The maximum atomic E-state index is 13.3. The second kappa shape index (κ2) is 15.6. The topological polar surface area (TPSA) is 134 Å². The summed E-state index contributed by atoms with van der Waals surface area (Å²) in [7, 11) is 0. The molecule has 222 valence electrons. The van der Waals surface area contributed by atoms with Gasteiger partial charge in [0.2, 0.25) is 11.6 Å². The van der Waals surface area contributed by atoms with Crippen LogP contribution in [-0.2, 0) is 0 Å². The lowest BCUT2D eigenvalue weighted by atomic mass is 9.77. The zero-order valence-corrected chi connectivity index (χ0v) is 23.8. The highest BCUT2D eigenvalue weighted by atomic mass is 16.5. The average Bonchev–Trinajstić information content (AvgIpc) is 2.99. The fourth-order valence-corrected chi connectivity index (χ4v) is 4.63. The number of carbonyl (C=O) groups excluding carboxylic acids is 2. The molecule has 2 aromatic carbocycles. The van der Waals surface area contributed by atoms with Gasteiger partial charge in [0.15, 0.2) is 11.2 Å². The molecule has 2 aromatic rings. The fourth-order valence-electron chi connectivity index (χ4n) is 4.63. The van der Waals surface area contributed by atoms with E-state index >= 15 is 0 Å². The molecule has 0 saturated carbocycles. The van der Waals surface area contributed by atoms with Crippen molar-refractivity contribution in [3.05, 3.63) is 83.5 Å². The molecule has 0 heterocycles. The predicted molar refractivity (Wildman–Crippen MR) is 156 cm³/mol. The lowest BCUT2D eigenvalue weighted by Gasteiger charge is -2.32. The van der Waals surface area contributed by atoms with Crippen molar-refractivity contribution >= 4 is 11.6 Å². The van der Waals surface area contributed by atoms with Gasteiger partial charge in [-0.1, -0.05) is 12.8 Å². The van der Waals surface area contributed by atoms with E-state index in [-0.39, 0.29) is 29.9 Å². The van der Waals surface area contributed by atoms with Crippen LogP contribution in [-0.4, -0.2) is 69.6 Å². The Morgan fingerprint density at radius 2 is 1.07 bits per heavy atom. The summed E-state index contributed by atoms with van der Waals surface area (Å²) in [5, 5.41) is 40.0. The summed E-state index contributed by atoms with van der Waals surface area (Å²) < 4.78 is 11.4. The Hall–Kier alpha value is -3.30. The molecule has 1 aliphatic carbocycles. The first-order chi connectivity index (χ1) is 19.7. The molecule has 0 radical (unpaired) electrons. The Morgan fingerprint density at radius 3 is 1.51 bits per heavy atom. The van der Waals surface area contributed by atoms with Crippen molar-refractivity contribution in [3.63, 3.8) is 0 Å². The minimum Gasteiger partial charge on any atom is -0.494 e. The number of unbranched alkanes of at least 4 members (excludes halogenated alkanes) is 6. The second-order valence-electron chi connectivity index (χ2n) is 10.4. The first-order valence-corrected chi connectivity index (χ1v) is 14.4. The highest BCUT2D eigenvalue weighted by Gasteiger charge is 2.44. The quantitative estimate of drug-likeness (QED) is 0.117. The van der Waals surface area contributed by atoms with Crippen molar-refractivity contribution < 1.29 is 39.5 Å². The molecule has 0 aromatic heterocycles. The highest BCUT2D eigenvalue weighted by Crippen LogP contribution is 2.34. The number of ketones is 2. The van der Waals surface area contributed by atoms with Crippen LogP contribution >= 0.6 is 0 Å². The lowest BCUT2D eigenvalue weighted by molar-refractivity contribution is 0.0547. The molecule has 0 aliphatic heterocycles. The van der Waals surface area contributed by atoms with Crippen LogP contribution in [0.2, 0.25) is 0 Å². The summed E-state index contributed by atoms with van der Waals surface area (Å²) in [5.41, 5.74) is -3.35. The normalized spacial score (nSPS) is 20.0. The molecule has 0 amide bonds. The van der Waals surface area contributed by atoms with Gasteiger partial charge in [-0.15, -0.1) is 0 Å².